The van der Waals surface area contributed by atoms with Crippen LogP contribution in [-0.4, -0.2) is 19.5 Å². The topological polar surface area (TPSA) is 53.7 Å². The molecule has 3 unspecified atom stereocenters. The Bertz CT molecular complexity index is 477. The number of benzene rings is 1. The summed E-state index contributed by atoms with van der Waals surface area (Å²) in [6, 6.07) is 5.78. The van der Waals surface area contributed by atoms with E-state index in [-0.39, 0.29) is 6.04 Å². The molecule has 0 aromatic heterocycles. The Hall–Kier alpha value is -1.26. The van der Waals surface area contributed by atoms with Gasteiger partial charge in [-0.15, -0.1) is 0 Å². The molecule has 1 aliphatic carbocycles. The minimum atomic E-state index is -0.112. The molecular weight excluding hydrogens is 266 g/mol. The summed E-state index contributed by atoms with van der Waals surface area (Å²) in [5.74, 6) is 2.28. The summed E-state index contributed by atoms with van der Waals surface area (Å²) in [6.07, 6.45) is 6.66. The largest absolute Gasteiger partial charge is 0.454 e. The fourth-order valence-electron chi connectivity index (χ4n) is 3.33. The van der Waals surface area contributed by atoms with Crippen molar-refractivity contribution >= 4 is 0 Å². The molecule has 1 aromatic carbocycles. The monoisotopic (exact) mass is 291 g/mol. The molecular formula is C17H25NO3. The van der Waals surface area contributed by atoms with Gasteiger partial charge in [0.1, 0.15) is 0 Å². The molecule has 116 valence electrons. The molecule has 0 saturated heterocycles. The first-order valence-electron chi connectivity index (χ1n) is 8.04. The highest BCUT2D eigenvalue weighted by molar-refractivity contribution is 5.45. The third-order valence-electron chi connectivity index (χ3n) is 4.68. The zero-order chi connectivity index (χ0) is 14.7. The van der Waals surface area contributed by atoms with Crippen LogP contribution >= 0.6 is 0 Å². The van der Waals surface area contributed by atoms with Crippen LogP contribution in [0.15, 0.2) is 18.2 Å². The van der Waals surface area contributed by atoms with Crippen molar-refractivity contribution in [2.24, 2.45) is 11.7 Å². The first-order valence-corrected chi connectivity index (χ1v) is 8.04. The van der Waals surface area contributed by atoms with Crippen LogP contribution in [0.1, 0.15) is 50.6 Å². The van der Waals surface area contributed by atoms with Crippen molar-refractivity contribution in [3.63, 3.8) is 0 Å². The zero-order valence-electron chi connectivity index (χ0n) is 12.7. The van der Waals surface area contributed by atoms with Gasteiger partial charge in [0.15, 0.2) is 11.5 Å². The molecule has 1 aromatic rings. The molecule has 4 heteroatoms. The second-order valence-corrected chi connectivity index (χ2v) is 6.04. The lowest BCUT2D eigenvalue weighted by Gasteiger charge is -2.31. The SMILES string of the molecule is CCC1CCCCC1OCC(N)c1ccc2c(c1)OCO2. The van der Waals surface area contributed by atoms with Gasteiger partial charge < -0.3 is 19.9 Å². The first kappa shape index (κ1) is 14.7. The van der Waals surface area contributed by atoms with Gasteiger partial charge in [-0.05, 0) is 36.5 Å². The van der Waals surface area contributed by atoms with Crippen LogP contribution in [0.3, 0.4) is 0 Å². The van der Waals surface area contributed by atoms with Crippen molar-refractivity contribution < 1.29 is 14.2 Å². The smallest absolute Gasteiger partial charge is 0.231 e. The molecule has 1 heterocycles. The number of hydrogen-bond acceptors (Lipinski definition) is 4. The Labute approximate surface area is 126 Å². The predicted octanol–water partition coefficient (Wildman–Crippen LogP) is 3.40. The maximum Gasteiger partial charge on any atom is 0.231 e. The third kappa shape index (κ3) is 3.33. The van der Waals surface area contributed by atoms with E-state index in [0.29, 0.717) is 25.4 Å². The highest BCUT2D eigenvalue weighted by Gasteiger charge is 2.25. The van der Waals surface area contributed by atoms with Crippen LogP contribution in [0.25, 0.3) is 0 Å². The lowest BCUT2D eigenvalue weighted by atomic mass is 9.85. The minimum Gasteiger partial charge on any atom is -0.454 e. The highest BCUT2D eigenvalue weighted by atomic mass is 16.7. The Morgan fingerprint density at radius 1 is 1.24 bits per heavy atom. The van der Waals surface area contributed by atoms with Crippen LogP contribution in [0, 0.1) is 5.92 Å². The van der Waals surface area contributed by atoms with Gasteiger partial charge in [-0.25, -0.2) is 0 Å². The molecule has 0 spiro atoms. The number of fused-ring (bicyclic) bond motifs is 1. The molecule has 2 N–H and O–H groups in total. The van der Waals surface area contributed by atoms with Crippen molar-refractivity contribution in [3.05, 3.63) is 23.8 Å². The summed E-state index contributed by atoms with van der Waals surface area (Å²) in [7, 11) is 0. The molecule has 0 bridgehead atoms. The maximum atomic E-state index is 6.27. The number of ether oxygens (including phenoxy) is 3. The summed E-state index contributed by atoms with van der Waals surface area (Å²) >= 11 is 0. The van der Waals surface area contributed by atoms with Crippen molar-refractivity contribution in [1.29, 1.82) is 0 Å². The van der Waals surface area contributed by atoms with E-state index in [1.165, 1.54) is 32.1 Å². The standard InChI is InChI=1S/C17H25NO3/c1-2-12-5-3-4-6-15(12)19-10-14(18)13-7-8-16-17(9-13)21-11-20-16/h7-9,12,14-15H,2-6,10-11,18H2,1H3. The fourth-order valence-corrected chi connectivity index (χ4v) is 3.33. The molecule has 21 heavy (non-hydrogen) atoms. The van der Waals surface area contributed by atoms with Gasteiger partial charge in [0, 0.05) is 0 Å². The Kier molecular flexibility index (Phi) is 4.66. The molecule has 1 aliphatic heterocycles. The van der Waals surface area contributed by atoms with Gasteiger partial charge in [0.05, 0.1) is 18.8 Å². The summed E-state index contributed by atoms with van der Waals surface area (Å²) < 4.78 is 16.8. The van der Waals surface area contributed by atoms with E-state index in [1.54, 1.807) is 0 Å². The summed E-state index contributed by atoms with van der Waals surface area (Å²) in [4.78, 5) is 0. The highest BCUT2D eigenvalue weighted by Crippen LogP contribution is 2.34. The van der Waals surface area contributed by atoms with E-state index in [4.69, 9.17) is 19.9 Å². The molecule has 2 aliphatic rings. The number of rotatable bonds is 5. The number of hydrogen-bond donors (Lipinski definition) is 1. The van der Waals surface area contributed by atoms with E-state index >= 15 is 0 Å². The number of nitrogens with two attached hydrogens (primary N) is 1. The summed E-state index contributed by atoms with van der Waals surface area (Å²) in [5, 5.41) is 0. The van der Waals surface area contributed by atoms with Gasteiger partial charge in [-0.1, -0.05) is 32.3 Å². The van der Waals surface area contributed by atoms with E-state index < -0.39 is 0 Å². The van der Waals surface area contributed by atoms with Crippen LogP contribution in [0.5, 0.6) is 11.5 Å². The van der Waals surface area contributed by atoms with Gasteiger partial charge in [0.25, 0.3) is 0 Å². The second-order valence-electron chi connectivity index (χ2n) is 6.04. The maximum absolute atomic E-state index is 6.27. The van der Waals surface area contributed by atoms with Crippen molar-refractivity contribution in [2.45, 2.75) is 51.2 Å². The van der Waals surface area contributed by atoms with Gasteiger partial charge >= 0.3 is 0 Å². The van der Waals surface area contributed by atoms with E-state index in [2.05, 4.69) is 6.92 Å². The van der Waals surface area contributed by atoms with Crippen LogP contribution in [-0.2, 0) is 4.74 Å². The molecule has 0 amide bonds. The average Bonchev–Trinajstić information content (AvgIpc) is 3.00. The quantitative estimate of drug-likeness (QED) is 0.903. The molecule has 0 radical (unpaired) electrons. The van der Waals surface area contributed by atoms with E-state index in [9.17, 15) is 0 Å². The molecule has 3 atom stereocenters. The van der Waals surface area contributed by atoms with Gasteiger partial charge in [-0.2, -0.15) is 0 Å². The van der Waals surface area contributed by atoms with Gasteiger partial charge in [-0.3, -0.25) is 0 Å². The minimum absolute atomic E-state index is 0.112. The second kappa shape index (κ2) is 6.67. The third-order valence-corrected chi connectivity index (χ3v) is 4.68. The first-order chi connectivity index (χ1) is 10.3. The molecule has 1 fully saturated rings. The van der Waals surface area contributed by atoms with E-state index in [0.717, 1.165) is 17.1 Å². The summed E-state index contributed by atoms with van der Waals surface area (Å²) in [6.45, 7) is 3.12. The Morgan fingerprint density at radius 3 is 2.90 bits per heavy atom. The Morgan fingerprint density at radius 2 is 2.05 bits per heavy atom. The fraction of sp³-hybridized carbons (Fsp3) is 0.647. The molecule has 1 saturated carbocycles. The van der Waals surface area contributed by atoms with Gasteiger partial charge in [0.2, 0.25) is 6.79 Å². The predicted molar refractivity (Wildman–Crippen MR) is 81.5 cm³/mol. The normalized spacial score (nSPS) is 25.8. The lowest BCUT2D eigenvalue weighted by Crippen LogP contribution is -2.30. The van der Waals surface area contributed by atoms with Crippen molar-refractivity contribution in [1.82, 2.24) is 0 Å². The Balaban J connectivity index is 1.57. The molecule has 3 rings (SSSR count). The lowest BCUT2D eigenvalue weighted by molar-refractivity contribution is -0.0180. The van der Waals surface area contributed by atoms with E-state index in [1.807, 2.05) is 18.2 Å². The molecule has 4 nitrogen and oxygen atoms in total. The average molecular weight is 291 g/mol. The van der Waals surface area contributed by atoms with Crippen LogP contribution in [0.2, 0.25) is 0 Å². The summed E-state index contributed by atoms with van der Waals surface area (Å²) in [5.41, 5.74) is 7.32. The van der Waals surface area contributed by atoms with Crippen molar-refractivity contribution in [2.75, 3.05) is 13.4 Å². The van der Waals surface area contributed by atoms with Crippen molar-refractivity contribution in [3.8, 4) is 11.5 Å². The van der Waals surface area contributed by atoms with Crippen LogP contribution in [0.4, 0.5) is 0 Å². The van der Waals surface area contributed by atoms with Crippen LogP contribution < -0.4 is 15.2 Å². The zero-order valence-corrected chi connectivity index (χ0v) is 12.7.